The number of anilines is 1. The molecule has 126 valence electrons. The highest BCUT2D eigenvalue weighted by molar-refractivity contribution is 5.92. The third-order valence-corrected chi connectivity index (χ3v) is 3.67. The molecule has 0 atom stereocenters. The Morgan fingerprint density at radius 2 is 1.88 bits per heavy atom. The van der Waals surface area contributed by atoms with Crippen LogP contribution < -0.4 is 10.1 Å². The normalized spacial score (nSPS) is 10.3. The Bertz CT molecular complexity index is 862. The zero-order chi connectivity index (χ0) is 17.6. The number of nitrogens with zero attached hydrogens (tertiary/aromatic N) is 2. The van der Waals surface area contributed by atoms with E-state index in [1.807, 2.05) is 44.2 Å². The van der Waals surface area contributed by atoms with Crippen LogP contribution >= 0.6 is 0 Å². The fourth-order valence-electron chi connectivity index (χ4n) is 2.37. The molecule has 0 saturated carbocycles. The van der Waals surface area contributed by atoms with Gasteiger partial charge in [0.15, 0.2) is 0 Å². The van der Waals surface area contributed by atoms with Gasteiger partial charge in [-0.15, -0.1) is 0 Å². The van der Waals surface area contributed by atoms with Crippen LogP contribution in [-0.2, 0) is 11.2 Å². The van der Waals surface area contributed by atoms with Crippen molar-refractivity contribution >= 4 is 11.6 Å². The van der Waals surface area contributed by atoms with Gasteiger partial charge in [-0.1, -0.05) is 6.07 Å². The Labute approximate surface area is 146 Å². The first-order valence-electron chi connectivity index (χ1n) is 8.00. The van der Waals surface area contributed by atoms with Gasteiger partial charge in [0.2, 0.25) is 5.91 Å². The molecule has 0 aliphatic carbocycles. The zero-order valence-corrected chi connectivity index (χ0v) is 14.2. The number of amides is 1. The summed E-state index contributed by atoms with van der Waals surface area (Å²) in [5, 5.41) is 2.90. The smallest absolute Gasteiger partial charge is 0.228 e. The van der Waals surface area contributed by atoms with Crippen molar-refractivity contribution in [3.05, 3.63) is 77.9 Å². The molecule has 5 nitrogen and oxygen atoms in total. The Morgan fingerprint density at radius 1 is 1.08 bits per heavy atom. The zero-order valence-electron chi connectivity index (χ0n) is 14.2. The van der Waals surface area contributed by atoms with Crippen LogP contribution in [0.2, 0.25) is 0 Å². The van der Waals surface area contributed by atoms with Gasteiger partial charge < -0.3 is 10.1 Å². The number of ether oxygens (including phenoxy) is 1. The summed E-state index contributed by atoms with van der Waals surface area (Å²) in [4.78, 5) is 20.3. The van der Waals surface area contributed by atoms with Crippen molar-refractivity contribution in [2.24, 2.45) is 0 Å². The third-order valence-electron chi connectivity index (χ3n) is 3.67. The maximum atomic E-state index is 12.2. The number of nitrogens with one attached hydrogen (secondary N) is 1. The molecular formula is C20H19N3O2. The van der Waals surface area contributed by atoms with E-state index in [1.54, 1.807) is 30.7 Å². The average molecular weight is 333 g/mol. The number of carbonyl (C=O) groups excluding carboxylic acids is 1. The van der Waals surface area contributed by atoms with E-state index in [0.717, 1.165) is 34.0 Å². The molecule has 2 aromatic heterocycles. The number of aromatic nitrogens is 2. The predicted octanol–water partition coefficient (Wildman–Crippen LogP) is 4.07. The maximum absolute atomic E-state index is 12.2. The van der Waals surface area contributed by atoms with Gasteiger partial charge in [-0.25, -0.2) is 0 Å². The lowest BCUT2D eigenvalue weighted by Crippen LogP contribution is -2.14. The van der Waals surface area contributed by atoms with Crippen molar-refractivity contribution in [3.63, 3.8) is 0 Å². The third kappa shape index (κ3) is 4.64. The van der Waals surface area contributed by atoms with E-state index in [4.69, 9.17) is 4.74 Å². The Hall–Kier alpha value is -3.21. The second-order valence-corrected chi connectivity index (χ2v) is 5.80. The van der Waals surface area contributed by atoms with Gasteiger partial charge in [0.1, 0.15) is 11.5 Å². The van der Waals surface area contributed by atoms with E-state index in [1.165, 1.54) is 0 Å². The van der Waals surface area contributed by atoms with E-state index in [-0.39, 0.29) is 5.91 Å². The van der Waals surface area contributed by atoms with Crippen molar-refractivity contribution in [1.82, 2.24) is 9.97 Å². The highest BCUT2D eigenvalue weighted by Gasteiger charge is 2.07. The topological polar surface area (TPSA) is 64.1 Å². The summed E-state index contributed by atoms with van der Waals surface area (Å²) in [6.45, 7) is 3.86. The number of rotatable bonds is 5. The largest absolute Gasteiger partial charge is 0.457 e. The molecule has 0 aliphatic rings. The van der Waals surface area contributed by atoms with Crippen LogP contribution in [0.4, 0.5) is 5.69 Å². The summed E-state index contributed by atoms with van der Waals surface area (Å²) in [6, 6.07) is 13.0. The molecule has 1 amide bonds. The molecule has 5 heteroatoms. The van der Waals surface area contributed by atoms with Crippen molar-refractivity contribution in [1.29, 1.82) is 0 Å². The fourth-order valence-corrected chi connectivity index (χ4v) is 2.37. The van der Waals surface area contributed by atoms with Gasteiger partial charge >= 0.3 is 0 Å². The molecule has 1 N–H and O–H groups in total. The van der Waals surface area contributed by atoms with Gasteiger partial charge in [-0.05, 0) is 61.4 Å². The van der Waals surface area contributed by atoms with Crippen LogP contribution in [0.5, 0.6) is 11.5 Å². The van der Waals surface area contributed by atoms with E-state index in [0.29, 0.717) is 6.42 Å². The summed E-state index contributed by atoms with van der Waals surface area (Å²) >= 11 is 0. The molecular weight excluding hydrogens is 314 g/mol. The summed E-state index contributed by atoms with van der Waals surface area (Å²) < 4.78 is 5.81. The first-order valence-corrected chi connectivity index (χ1v) is 8.00. The minimum Gasteiger partial charge on any atom is -0.457 e. The summed E-state index contributed by atoms with van der Waals surface area (Å²) in [5.74, 6) is 1.39. The highest BCUT2D eigenvalue weighted by atomic mass is 16.5. The predicted molar refractivity (Wildman–Crippen MR) is 96.8 cm³/mol. The quantitative estimate of drug-likeness (QED) is 0.764. The fraction of sp³-hybridized carbons (Fsp3) is 0.150. The standard InChI is InChI=1S/C20H19N3O2/c1-14-11-17(5-6-19(14)25-18-7-9-21-10-8-18)23-20(24)12-16-4-3-15(2)22-13-16/h3-11,13H,12H2,1-2H3,(H,23,24). The average Bonchev–Trinajstić information content (AvgIpc) is 2.60. The molecule has 0 radical (unpaired) electrons. The lowest BCUT2D eigenvalue weighted by molar-refractivity contribution is -0.115. The van der Waals surface area contributed by atoms with Crippen LogP contribution in [0, 0.1) is 13.8 Å². The van der Waals surface area contributed by atoms with Crippen LogP contribution in [0.25, 0.3) is 0 Å². The number of aryl methyl sites for hydroxylation is 2. The van der Waals surface area contributed by atoms with Crippen molar-refractivity contribution in [2.45, 2.75) is 20.3 Å². The van der Waals surface area contributed by atoms with Crippen LogP contribution in [0.1, 0.15) is 16.8 Å². The van der Waals surface area contributed by atoms with Crippen LogP contribution in [0.3, 0.4) is 0 Å². The Morgan fingerprint density at radius 3 is 2.56 bits per heavy atom. The lowest BCUT2D eigenvalue weighted by atomic mass is 10.1. The summed E-state index contributed by atoms with van der Waals surface area (Å²) in [7, 11) is 0. The number of benzene rings is 1. The first kappa shape index (κ1) is 16.6. The van der Waals surface area contributed by atoms with Crippen LogP contribution in [-0.4, -0.2) is 15.9 Å². The highest BCUT2D eigenvalue weighted by Crippen LogP contribution is 2.27. The summed E-state index contributed by atoms with van der Waals surface area (Å²) in [6.07, 6.45) is 5.38. The van der Waals surface area contributed by atoms with E-state index >= 15 is 0 Å². The van der Waals surface area contributed by atoms with E-state index in [9.17, 15) is 4.79 Å². The summed E-state index contributed by atoms with van der Waals surface area (Å²) in [5.41, 5.74) is 3.50. The number of carbonyl (C=O) groups is 1. The van der Waals surface area contributed by atoms with E-state index < -0.39 is 0 Å². The van der Waals surface area contributed by atoms with Gasteiger partial charge in [-0.3, -0.25) is 14.8 Å². The van der Waals surface area contributed by atoms with Gasteiger partial charge in [0.05, 0.1) is 6.42 Å². The molecule has 3 rings (SSSR count). The monoisotopic (exact) mass is 333 g/mol. The number of hydrogen-bond donors (Lipinski definition) is 1. The number of pyridine rings is 2. The molecule has 0 spiro atoms. The lowest BCUT2D eigenvalue weighted by Gasteiger charge is -2.11. The van der Waals surface area contributed by atoms with Gasteiger partial charge in [-0.2, -0.15) is 0 Å². The van der Waals surface area contributed by atoms with Gasteiger partial charge in [0, 0.05) is 30.0 Å². The minimum absolute atomic E-state index is 0.0761. The minimum atomic E-state index is -0.0761. The Balaban J connectivity index is 1.64. The van der Waals surface area contributed by atoms with Crippen molar-refractivity contribution in [2.75, 3.05) is 5.32 Å². The molecule has 0 bridgehead atoms. The second kappa shape index (κ2) is 7.57. The molecule has 3 aromatic rings. The molecule has 2 heterocycles. The second-order valence-electron chi connectivity index (χ2n) is 5.80. The molecule has 0 fully saturated rings. The molecule has 25 heavy (non-hydrogen) atoms. The first-order chi connectivity index (χ1) is 12.1. The van der Waals surface area contributed by atoms with Gasteiger partial charge in [0.25, 0.3) is 0 Å². The molecule has 1 aromatic carbocycles. The SMILES string of the molecule is Cc1ccc(CC(=O)Nc2ccc(Oc3ccncc3)c(C)c2)cn1. The number of hydrogen-bond acceptors (Lipinski definition) is 4. The van der Waals surface area contributed by atoms with Crippen molar-refractivity contribution in [3.8, 4) is 11.5 Å². The van der Waals surface area contributed by atoms with Crippen molar-refractivity contribution < 1.29 is 9.53 Å². The van der Waals surface area contributed by atoms with Crippen LogP contribution in [0.15, 0.2) is 61.1 Å². The van der Waals surface area contributed by atoms with E-state index in [2.05, 4.69) is 15.3 Å². The molecule has 0 aliphatic heterocycles. The maximum Gasteiger partial charge on any atom is 0.228 e. The Kier molecular flexibility index (Phi) is 5.04. The molecule has 0 unspecified atom stereocenters. The molecule has 0 saturated heterocycles.